The molecule has 3 unspecified atom stereocenters. The van der Waals surface area contributed by atoms with Gasteiger partial charge in [0.05, 0.1) is 0 Å². The SMILES string of the molecule is CCCNC(CN1CCC(C)CC1C)c1ccc(C)cc1. The third-order valence-electron chi connectivity index (χ3n) is 4.81. The van der Waals surface area contributed by atoms with Crippen LogP contribution in [0.25, 0.3) is 0 Å². The van der Waals surface area contributed by atoms with Crippen LogP contribution in [-0.2, 0) is 0 Å². The molecule has 118 valence electrons. The Kier molecular flexibility index (Phi) is 6.25. The lowest BCUT2D eigenvalue weighted by Gasteiger charge is -2.38. The highest BCUT2D eigenvalue weighted by molar-refractivity contribution is 5.24. The molecule has 0 saturated carbocycles. The van der Waals surface area contributed by atoms with Crippen LogP contribution in [-0.4, -0.2) is 30.6 Å². The number of rotatable bonds is 6. The molecule has 2 heteroatoms. The Labute approximate surface area is 130 Å². The first-order valence-corrected chi connectivity index (χ1v) is 8.64. The minimum absolute atomic E-state index is 0.460. The number of aryl methyl sites for hydroxylation is 1. The smallest absolute Gasteiger partial charge is 0.0449 e. The van der Waals surface area contributed by atoms with Gasteiger partial charge in [0.15, 0.2) is 0 Å². The summed E-state index contributed by atoms with van der Waals surface area (Å²) in [4.78, 5) is 2.67. The summed E-state index contributed by atoms with van der Waals surface area (Å²) in [6.45, 7) is 12.7. The van der Waals surface area contributed by atoms with Crippen molar-refractivity contribution < 1.29 is 0 Å². The van der Waals surface area contributed by atoms with Crippen LogP contribution < -0.4 is 5.32 Å². The summed E-state index contributed by atoms with van der Waals surface area (Å²) in [6.07, 6.45) is 3.88. The molecule has 2 rings (SSSR count). The van der Waals surface area contributed by atoms with Crippen molar-refractivity contribution in [1.29, 1.82) is 0 Å². The van der Waals surface area contributed by atoms with Crippen LogP contribution >= 0.6 is 0 Å². The monoisotopic (exact) mass is 288 g/mol. The predicted octanol–water partition coefficient (Wildman–Crippen LogP) is 4.16. The molecule has 1 N–H and O–H groups in total. The Hall–Kier alpha value is -0.860. The van der Waals surface area contributed by atoms with Gasteiger partial charge in [-0.05, 0) is 57.7 Å². The van der Waals surface area contributed by atoms with Gasteiger partial charge in [0.1, 0.15) is 0 Å². The van der Waals surface area contributed by atoms with Gasteiger partial charge in [-0.2, -0.15) is 0 Å². The van der Waals surface area contributed by atoms with Gasteiger partial charge in [-0.25, -0.2) is 0 Å². The van der Waals surface area contributed by atoms with Crippen molar-refractivity contribution in [2.45, 2.75) is 59.0 Å². The first kappa shape index (κ1) is 16.5. The maximum absolute atomic E-state index is 3.74. The standard InChI is InChI=1S/C19H32N2/c1-5-11-20-19(18-8-6-15(2)7-9-18)14-21-12-10-16(3)13-17(21)4/h6-9,16-17,19-20H,5,10-14H2,1-4H3. The number of nitrogens with zero attached hydrogens (tertiary/aromatic N) is 1. The quantitative estimate of drug-likeness (QED) is 0.845. The van der Waals surface area contributed by atoms with E-state index < -0.39 is 0 Å². The van der Waals surface area contributed by atoms with Crippen molar-refractivity contribution in [2.24, 2.45) is 5.92 Å². The lowest BCUT2D eigenvalue weighted by molar-refractivity contribution is 0.116. The zero-order valence-corrected chi connectivity index (χ0v) is 14.2. The van der Waals surface area contributed by atoms with Gasteiger partial charge >= 0.3 is 0 Å². The van der Waals surface area contributed by atoms with Gasteiger partial charge in [0.2, 0.25) is 0 Å². The molecule has 0 radical (unpaired) electrons. The van der Waals surface area contributed by atoms with Crippen molar-refractivity contribution in [1.82, 2.24) is 10.2 Å². The summed E-state index contributed by atoms with van der Waals surface area (Å²) in [6, 6.07) is 10.2. The first-order valence-electron chi connectivity index (χ1n) is 8.64. The highest BCUT2D eigenvalue weighted by atomic mass is 15.2. The summed E-state index contributed by atoms with van der Waals surface area (Å²) in [5, 5.41) is 3.74. The van der Waals surface area contributed by atoms with E-state index in [1.54, 1.807) is 0 Å². The molecular weight excluding hydrogens is 256 g/mol. The molecule has 1 saturated heterocycles. The van der Waals surface area contributed by atoms with E-state index >= 15 is 0 Å². The largest absolute Gasteiger partial charge is 0.309 e. The van der Waals surface area contributed by atoms with Crippen molar-refractivity contribution in [3.63, 3.8) is 0 Å². The summed E-state index contributed by atoms with van der Waals surface area (Å²) in [5.41, 5.74) is 2.77. The number of benzene rings is 1. The van der Waals surface area contributed by atoms with Crippen molar-refractivity contribution in [2.75, 3.05) is 19.6 Å². The third-order valence-corrected chi connectivity index (χ3v) is 4.81. The molecule has 1 fully saturated rings. The van der Waals surface area contributed by atoms with Crippen LogP contribution in [0.5, 0.6) is 0 Å². The molecule has 0 aliphatic carbocycles. The van der Waals surface area contributed by atoms with Crippen LogP contribution in [0.3, 0.4) is 0 Å². The van der Waals surface area contributed by atoms with E-state index in [1.807, 2.05) is 0 Å². The molecular formula is C19H32N2. The average Bonchev–Trinajstić information content (AvgIpc) is 2.46. The van der Waals surface area contributed by atoms with Crippen molar-refractivity contribution in [3.8, 4) is 0 Å². The van der Waals surface area contributed by atoms with E-state index in [0.29, 0.717) is 12.1 Å². The van der Waals surface area contributed by atoms with Crippen LogP contribution in [0.15, 0.2) is 24.3 Å². The Morgan fingerprint density at radius 1 is 1.24 bits per heavy atom. The highest BCUT2D eigenvalue weighted by Crippen LogP contribution is 2.25. The van der Waals surface area contributed by atoms with Crippen LogP contribution in [0.4, 0.5) is 0 Å². The minimum Gasteiger partial charge on any atom is -0.309 e. The lowest BCUT2D eigenvalue weighted by Crippen LogP contribution is -2.44. The maximum Gasteiger partial charge on any atom is 0.0449 e. The zero-order valence-electron chi connectivity index (χ0n) is 14.2. The second-order valence-corrected chi connectivity index (χ2v) is 6.89. The van der Waals surface area contributed by atoms with Gasteiger partial charge in [-0.15, -0.1) is 0 Å². The van der Waals surface area contributed by atoms with E-state index in [-0.39, 0.29) is 0 Å². The number of nitrogens with one attached hydrogen (secondary N) is 1. The molecule has 21 heavy (non-hydrogen) atoms. The zero-order chi connectivity index (χ0) is 15.2. The molecule has 3 atom stereocenters. The fourth-order valence-electron chi connectivity index (χ4n) is 3.37. The highest BCUT2D eigenvalue weighted by Gasteiger charge is 2.25. The fraction of sp³-hybridized carbons (Fsp3) is 0.684. The number of hydrogen-bond acceptors (Lipinski definition) is 2. The lowest BCUT2D eigenvalue weighted by atomic mass is 9.92. The van der Waals surface area contributed by atoms with Gasteiger partial charge < -0.3 is 5.32 Å². The Bertz CT molecular complexity index is 412. The number of likely N-dealkylation sites (tertiary alicyclic amines) is 1. The average molecular weight is 288 g/mol. The normalized spacial score (nSPS) is 25.0. The van der Waals surface area contributed by atoms with E-state index in [4.69, 9.17) is 0 Å². The summed E-state index contributed by atoms with van der Waals surface area (Å²) >= 11 is 0. The molecule has 2 nitrogen and oxygen atoms in total. The van der Waals surface area contributed by atoms with Gasteiger partial charge in [-0.3, -0.25) is 4.90 Å². The number of hydrogen-bond donors (Lipinski definition) is 1. The topological polar surface area (TPSA) is 15.3 Å². The van der Waals surface area contributed by atoms with Gasteiger partial charge in [0, 0.05) is 18.6 Å². The van der Waals surface area contributed by atoms with E-state index in [2.05, 4.69) is 62.2 Å². The molecule has 1 aromatic carbocycles. The van der Waals surface area contributed by atoms with Crippen LogP contribution in [0.1, 0.15) is 57.2 Å². The molecule has 0 aromatic heterocycles. The fourth-order valence-corrected chi connectivity index (χ4v) is 3.37. The van der Waals surface area contributed by atoms with E-state index in [9.17, 15) is 0 Å². The number of piperidine rings is 1. The van der Waals surface area contributed by atoms with E-state index in [0.717, 1.165) is 19.0 Å². The van der Waals surface area contributed by atoms with Gasteiger partial charge in [0.25, 0.3) is 0 Å². The van der Waals surface area contributed by atoms with Crippen LogP contribution in [0, 0.1) is 12.8 Å². The maximum atomic E-state index is 3.74. The minimum atomic E-state index is 0.460. The molecule has 1 aromatic rings. The molecule has 0 bridgehead atoms. The van der Waals surface area contributed by atoms with Crippen LogP contribution in [0.2, 0.25) is 0 Å². The Morgan fingerprint density at radius 2 is 1.95 bits per heavy atom. The second-order valence-electron chi connectivity index (χ2n) is 6.89. The molecule has 1 heterocycles. The van der Waals surface area contributed by atoms with Crippen molar-refractivity contribution >= 4 is 0 Å². The summed E-state index contributed by atoms with van der Waals surface area (Å²) < 4.78 is 0. The third kappa shape index (κ3) is 4.82. The summed E-state index contributed by atoms with van der Waals surface area (Å²) in [7, 11) is 0. The molecule has 0 spiro atoms. The van der Waals surface area contributed by atoms with Gasteiger partial charge in [-0.1, -0.05) is 43.7 Å². The predicted molar refractivity (Wildman–Crippen MR) is 91.6 cm³/mol. The summed E-state index contributed by atoms with van der Waals surface area (Å²) in [5.74, 6) is 0.887. The van der Waals surface area contributed by atoms with E-state index in [1.165, 1.54) is 36.9 Å². The molecule has 1 aliphatic rings. The molecule has 0 amide bonds. The molecule has 1 aliphatic heterocycles. The van der Waals surface area contributed by atoms with Crippen molar-refractivity contribution in [3.05, 3.63) is 35.4 Å². The second kappa shape index (κ2) is 7.95. The first-order chi connectivity index (χ1) is 10.1. The Balaban J connectivity index is 2.03. The Morgan fingerprint density at radius 3 is 2.57 bits per heavy atom.